The van der Waals surface area contributed by atoms with Gasteiger partial charge in [-0.2, -0.15) is 0 Å². The Labute approximate surface area is 148 Å². The van der Waals surface area contributed by atoms with E-state index < -0.39 is 16.7 Å². The topological polar surface area (TPSA) is 85.2 Å². The molecule has 0 fully saturated rings. The summed E-state index contributed by atoms with van der Waals surface area (Å²) < 4.78 is 18.6. The number of halogens is 1. The van der Waals surface area contributed by atoms with Gasteiger partial charge in [-0.05, 0) is 31.2 Å². The number of carbonyl (C=O) groups is 1. The largest absolute Gasteiger partial charge is 0.462 e. The van der Waals surface area contributed by atoms with Crippen molar-refractivity contribution in [3.63, 3.8) is 0 Å². The van der Waals surface area contributed by atoms with Gasteiger partial charge in [0.25, 0.3) is 5.69 Å². The summed E-state index contributed by atoms with van der Waals surface area (Å²) in [7, 11) is 0. The van der Waals surface area contributed by atoms with Crippen molar-refractivity contribution in [1.29, 1.82) is 0 Å². The number of nitrogens with one attached hydrogen (secondary N) is 1. The van der Waals surface area contributed by atoms with Crippen molar-refractivity contribution in [2.24, 2.45) is 0 Å². The Balaban J connectivity index is 2.21. The molecule has 7 heteroatoms. The van der Waals surface area contributed by atoms with Crippen molar-refractivity contribution in [3.05, 3.63) is 76.1 Å². The number of hydrogen-bond acceptors (Lipinski definition) is 4. The van der Waals surface area contributed by atoms with E-state index in [1.165, 1.54) is 24.3 Å². The second kappa shape index (κ2) is 7.18. The molecule has 2 aromatic carbocycles. The number of aromatic nitrogens is 1. The molecule has 0 unspecified atom stereocenters. The van der Waals surface area contributed by atoms with Gasteiger partial charge in [0.2, 0.25) is 0 Å². The van der Waals surface area contributed by atoms with Crippen LogP contribution in [0.4, 0.5) is 10.1 Å². The van der Waals surface area contributed by atoms with E-state index in [2.05, 4.69) is 4.98 Å². The molecule has 0 saturated carbocycles. The number of carbonyl (C=O) groups excluding carboxylic acids is 1. The van der Waals surface area contributed by atoms with Crippen molar-refractivity contribution in [2.45, 2.75) is 6.92 Å². The lowest BCUT2D eigenvalue weighted by Gasteiger charge is -2.05. The summed E-state index contributed by atoms with van der Waals surface area (Å²) in [5.41, 5.74) is 1.49. The first-order chi connectivity index (χ1) is 12.5. The quantitative estimate of drug-likeness (QED) is 0.413. The Morgan fingerprint density at radius 2 is 1.96 bits per heavy atom. The average molecular weight is 354 g/mol. The molecule has 0 amide bonds. The number of para-hydroxylation sites is 1. The number of nitro groups is 1. The monoisotopic (exact) mass is 354 g/mol. The van der Waals surface area contributed by atoms with Crippen molar-refractivity contribution < 1.29 is 18.8 Å². The predicted octanol–water partition coefficient (Wildman–Crippen LogP) is 4.57. The summed E-state index contributed by atoms with van der Waals surface area (Å²) in [5, 5.41) is 11.3. The molecule has 0 aliphatic rings. The molecule has 0 radical (unpaired) electrons. The van der Waals surface area contributed by atoms with Crippen LogP contribution in [0.3, 0.4) is 0 Å². The van der Waals surface area contributed by atoms with Crippen molar-refractivity contribution in [1.82, 2.24) is 4.98 Å². The van der Waals surface area contributed by atoms with Gasteiger partial charge in [-0.3, -0.25) is 10.1 Å². The molecule has 1 heterocycles. The molecule has 0 saturated heterocycles. The number of ether oxygens (including phenoxy) is 1. The van der Waals surface area contributed by atoms with E-state index in [9.17, 15) is 19.3 Å². The maximum Gasteiger partial charge on any atom is 0.340 e. The fourth-order valence-corrected chi connectivity index (χ4v) is 2.69. The summed E-state index contributed by atoms with van der Waals surface area (Å²) in [6, 6.07) is 13.4. The zero-order valence-corrected chi connectivity index (χ0v) is 13.9. The van der Waals surface area contributed by atoms with Gasteiger partial charge in [-0.15, -0.1) is 0 Å². The second-order valence-corrected chi connectivity index (χ2v) is 5.48. The highest BCUT2D eigenvalue weighted by Gasteiger charge is 2.24. The molecular formula is C19H15FN2O4. The van der Waals surface area contributed by atoms with Gasteiger partial charge in [0, 0.05) is 17.3 Å². The van der Waals surface area contributed by atoms with Crippen molar-refractivity contribution >= 4 is 11.7 Å². The lowest BCUT2D eigenvalue weighted by atomic mass is 10.1. The van der Waals surface area contributed by atoms with Crippen LogP contribution < -0.4 is 0 Å². The SMILES string of the molecule is CCOC(=O)c1cc(-c2cccc(F)c2)[nH]c1-c1ccccc1[N+](=O)[O-]. The molecule has 3 rings (SSSR count). The molecule has 0 bridgehead atoms. The number of esters is 1. The van der Waals surface area contributed by atoms with Gasteiger partial charge in [0.1, 0.15) is 5.82 Å². The highest BCUT2D eigenvalue weighted by Crippen LogP contribution is 2.34. The number of benzene rings is 2. The molecular weight excluding hydrogens is 339 g/mol. The third kappa shape index (κ3) is 3.32. The van der Waals surface area contributed by atoms with Crippen LogP contribution in [0, 0.1) is 15.9 Å². The van der Waals surface area contributed by atoms with E-state index in [4.69, 9.17) is 4.74 Å². The number of rotatable bonds is 5. The summed E-state index contributed by atoms with van der Waals surface area (Å²) in [5.74, 6) is -1.04. The number of nitrogens with zero attached hydrogens (tertiary/aromatic N) is 1. The fourth-order valence-electron chi connectivity index (χ4n) is 2.69. The van der Waals surface area contributed by atoms with E-state index in [0.29, 0.717) is 11.3 Å². The molecule has 0 atom stereocenters. The summed E-state index contributed by atoms with van der Waals surface area (Å²) >= 11 is 0. The van der Waals surface area contributed by atoms with Gasteiger partial charge in [-0.1, -0.05) is 24.3 Å². The van der Waals surface area contributed by atoms with Crippen LogP contribution in [0.2, 0.25) is 0 Å². The molecule has 0 aliphatic heterocycles. The molecule has 1 N–H and O–H groups in total. The molecule has 0 aliphatic carbocycles. The van der Waals surface area contributed by atoms with E-state index in [-0.39, 0.29) is 29.1 Å². The third-order valence-electron chi connectivity index (χ3n) is 3.82. The molecule has 0 spiro atoms. The first-order valence-corrected chi connectivity index (χ1v) is 7.91. The van der Waals surface area contributed by atoms with Crippen LogP contribution in [-0.4, -0.2) is 22.5 Å². The smallest absolute Gasteiger partial charge is 0.340 e. The zero-order chi connectivity index (χ0) is 18.7. The zero-order valence-electron chi connectivity index (χ0n) is 13.9. The Bertz CT molecular complexity index is 981. The summed E-state index contributed by atoms with van der Waals surface area (Å²) in [6.07, 6.45) is 0. The molecule has 26 heavy (non-hydrogen) atoms. The first kappa shape index (κ1) is 17.3. The summed E-state index contributed by atoms with van der Waals surface area (Å²) in [4.78, 5) is 26.2. The number of nitro benzene ring substituents is 1. The average Bonchev–Trinajstić information content (AvgIpc) is 3.07. The predicted molar refractivity (Wildman–Crippen MR) is 94.2 cm³/mol. The minimum absolute atomic E-state index is 0.148. The second-order valence-electron chi connectivity index (χ2n) is 5.48. The first-order valence-electron chi connectivity index (χ1n) is 7.91. The lowest BCUT2D eigenvalue weighted by molar-refractivity contribution is -0.384. The highest BCUT2D eigenvalue weighted by atomic mass is 19.1. The fraction of sp³-hybridized carbons (Fsp3) is 0.105. The van der Waals surface area contributed by atoms with Crippen LogP contribution in [0.25, 0.3) is 22.5 Å². The third-order valence-corrected chi connectivity index (χ3v) is 3.82. The Hall–Kier alpha value is -3.48. The Morgan fingerprint density at radius 3 is 2.65 bits per heavy atom. The molecule has 132 valence electrons. The van der Waals surface area contributed by atoms with Crippen LogP contribution in [-0.2, 0) is 4.74 Å². The van der Waals surface area contributed by atoms with Gasteiger partial charge in [0.05, 0.1) is 28.4 Å². The molecule has 1 aromatic heterocycles. The van der Waals surface area contributed by atoms with Crippen LogP contribution in [0.5, 0.6) is 0 Å². The van der Waals surface area contributed by atoms with Gasteiger partial charge in [-0.25, -0.2) is 9.18 Å². The van der Waals surface area contributed by atoms with E-state index in [1.54, 1.807) is 37.3 Å². The van der Waals surface area contributed by atoms with Crippen LogP contribution in [0.1, 0.15) is 17.3 Å². The number of H-pyrrole nitrogens is 1. The van der Waals surface area contributed by atoms with Crippen molar-refractivity contribution in [2.75, 3.05) is 6.61 Å². The molecule has 3 aromatic rings. The lowest BCUT2D eigenvalue weighted by Crippen LogP contribution is -2.05. The minimum atomic E-state index is -0.612. The van der Waals surface area contributed by atoms with Crippen LogP contribution in [0.15, 0.2) is 54.6 Å². The summed E-state index contributed by atoms with van der Waals surface area (Å²) in [6.45, 7) is 1.83. The minimum Gasteiger partial charge on any atom is -0.462 e. The highest BCUT2D eigenvalue weighted by molar-refractivity contribution is 5.99. The van der Waals surface area contributed by atoms with Crippen molar-refractivity contribution in [3.8, 4) is 22.5 Å². The van der Waals surface area contributed by atoms with E-state index in [1.807, 2.05) is 0 Å². The standard InChI is InChI=1S/C19H15FN2O4/c1-2-26-19(23)15-11-16(12-6-5-7-13(20)10-12)21-18(15)14-8-3-4-9-17(14)22(24)25/h3-11,21H,2H2,1H3. The van der Waals surface area contributed by atoms with Gasteiger partial charge >= 0.3 is 5.97 Å². The van der Waals surface area contributed by atoms with E-state index in [0.717, 1.165) is 0 Å². The Morgan fingerprint density at radius 1 is 1.19 bits per heavy atom. The van der Waals surface area contributed by atoms with Gasteiger partial charge < -0.3 is 9.72 Å². The van der Waals surface area contributed by atoms with Crippen LogP contribution >= 0.6 is 0 Å². The maximum absolute atomic E-state index is 13.5. The Kier molecular flexibility index (Phi) is 4.79. The molecule has 6 nitrogen and oxygen atoms in total. The maximum atomic E-state index is 13.5. The number of hydrogen-bond donors (Lipinski definition) is 1. The van der Waals surface area contributed by atoms with Gasteiger partial charge in [0.15, 0.2) is 0 Å². The normalized spacial score (nSPS) is 10.5. The number of aromatic amines is 1. The van der Waals surface area contributed by atoms with E-state index >= 15 is 0 Å².